The van der Waals surface area contributed by atoms with Gasteiger partial charge in [-0.2, -0.15) is 0 Å². The molecule has 0 spiro atoms. The number of amides is 1. The van der Waals surface area contributed by atoms with E-state index in [1.165, 1.54) is 12.1 Å². The smallest absolute Gasteiger partial charge is 0.264 e. The number of sulfonamides is 1. The fourth-order valence-electron chi connectivity index (χ4n) is 3.40. The number of halogens is 1. The summed E-state index contributed by atoms with van der Waals surface area (Å²) in [7, 11) is -3.91. The first-order chi connectivity index (χ1) is 13.9. The summed E-state index contributed by atoms with van der Waals surface area (Å²) in [5.74, 6) is 0.346. The molecule has 1 saturated carbocycles. The van der Waals surface area contributed by atoms with Gasteiger partial charge in [0.1, 0.15) is 12.3 Å². The number of rotatable bonds is 8. The molecule has 0 unspecified atom stereocenters. The van der Waals surface area contributed by atoms with Crippen molar-refractivity contribution >= 4 is 37.5 Å². The summed E-state index contributed by atoms with van der Waals surface area (Å²) in [6.45, 7) is 2.12. The van der Waals surface area contributed by atoms with E-state index in [0.29, 0.717) is 18.0 Å². The van der Waals surface area contributed by atoms with E-state index in [1.807, 2.05) is 6.92 Å². The Morgan fingerprint density at radius 2 is 1.72 bits per heavy atom. The standard InChI is InChI=1S/C21H25BrN2O4S/c1-2-28-19-11-9-18(10-12-19)24(15-21(25)23-17-5-3-4-6-17)29(26,27)20-13-7-16(22)8-14-20/h7-14,17H,2-6,15H2,1H3,(H,23,25). The van der Waals surface area contributed by atoms with Crippen molar-refractivity contribution in [3.8, 4) is 5.75 Å². The van der Waals surface area contributed by atoms with Crippen molar-refractivity contribution < 1.29 is 17.9 Å². The molecule has 29 heavy (non-hydrogen) atoms. The van der Waals surface area contributed by atoms with Crippen molar-refractivity contribution in [2.75, 3.05) is 17.5 Å². The number of ether oxygens (including phenoxy) is 1. The minimum absolute atomic E-state index is 0.125. The van der Waals surface area contributed by atoms with Gasteiger partial charge in [-0.15, -0.1) is 0 Å². The summed E-state index contributed by atoms with van der Waals surface area (Å²) in [6.07, 6.45) is 4.05. The lowest BCUT2D eigenvalue weighted by Crippen LogP contribution is -2.43. The number of hydrogen-bond donors (Lipinski definition) is 1. The van der Waals surface area contributed by atoms with Gasteiger partial charge in [0.25, 0.3) is 10.0 Å². The molecule has 2 aromatic carbocycles. The summed E-state index contributed by atoms with van der Waals surface area (Å²) in [4.78, 5) is 12.8. The molecule has 1 aliphatic rings. The number of nitrogens with zero attached hydrogens (tertiary/aromatic N) is 1. The Labute approximate surface area is 180 Å². The van der Waals surface area contributed by atoms with Gasteiger partial charge >= 0.3 is 0 Å². The number of carbonyl (C=O) groups is 1. The minimum Gasteiger partial charge on any atom is -0.494 e. The molecule has 1 amide bonds. The number of nitrogens with one attached hydrogen (secondary N) is 1. The topological polar surface area (TPSA) is 75.7 Å². The van der Waals surface area contributed by atoms with Gasteiger partial charge in [-0.05, 0) is 68.3 Å². The molecule has 0 aromatic heterocycles. The Kier molecular flexibility index (Phi) is 7.18. The zero-order chi connectivity index (χ0) is 20.9. The Balaban J connectivity index is 1.89. The van der Waals surface area contributed by atoms with E-state index in [4.69, 9.17) is 4.74 Å². The van der Waals surface area contributed by atoms with E-state index < -0.39 is 10.0 Å². The third-order valence-electron chi connectivity index (χ3n) is 4.84. The highest BCUT2D eigenvalue weighted by atomic mass is 79.9. The molecule has 1 N–H and O–H groups in total. The van der Waals surface area contributed by atoms with E-state index >= 15 is 0 Å². The van der Waals surface area contributed by atoms with E-state index in [1.54, 1.807) is 36.4 Å². The summed E-state index contributed by atoms with van der Waals surface area (Å²) < 4.78 is 34.0. The number of hydrogen-bond acceptors (Lipinski definition) is 4. The van der Waals surface area contributed by atoms with Crippen molar-refractivity contribution in [3.63, 3.8) is 0 Å². The number of anilines is 1. The molecule has 0 atom stereocenters. The minimum atomic E-state index is -3.91. The average Bonchev–Trinajstić information content (AvgIpc) is 3.20. The van der Waals surface area contributed by atoms with E-state index in [0.717, 1.165) is 34.5 Å². The highest BCUT2D eigenvalue weighted by Crippen LogP contribution is 2.27. The predicted molar refractivity (Wildman–Crippen MR) is 117 cm³/mol. The number of carbonyl (C=O) groups excluding carboxylic acids is 1. The van der Waals surface area contributed by atoms with Crippen LogP contribution in [0.2, 0.25) is 0 Å². The quantitative estimate of drug-likeness (QED) is 0.616. The van der Waals surface area contributed by atoms with Crippen molar-refractivity contribution in [3.05, 3.63) is 53.0 Å². The van der Waals surface area contributed by atoms with Crippen LogP contribution < -0.4 is 14.4 Å². The third-order valence-corrected chi connectivity index (χ3v) is 7.16. The van der Waals surface area contributed by atoms with Gasteiger partial charge in [0.2, 0.25) is 5.91 Å². The average molecular weight is 481 g/mol. The lowest BCUT2D eigenvalue weighted by Gasteiger charge is -2.25. The van der Waals surface area contributed by atoms with Crippen LogP contribution >= 0.6 is 15.9 Å². The molecule has 0 aliphatic heterocycles. The Morgan fingerprint density at radius 3 is 2.31 bits per heavy atom. The molecule has 2 aromatic rings. The van der Waals surface area contributed by atoms with Crippen LogP contribution in [0, 0.1) is 0 Å². The van der Waals surface area contributed by atoms with Crippen LogP contribution in [0.1, 0.15) is 32.6 Å². The lowest BCUT2D eigenvalue weighted by molar-refractivity contribution is -0.120. The summed E-state index contributed by atoms with van der Waals surface area (Å²) in [6, 6.07) is 13.2. The van der Waals surface area contributed by atoms with Crippen molar-refractivity contribution in [2.45, 2.75) is 43.5 Å². The van der Waals surface area contributed by atoms with Gasteiger partial charge in [-0.1, -0.05) is 28.8 Å². The van der Waals surface area contributed by atoms with Crippen molar-refractivity contribution in [2.24, 2.45) is 0 Å². The maximum atomic E-state index is 13.3. The first-order valence-electron chi connectivity index (χ1n) is 9.70. The van der Waals surface area contributed by atoms with Gasteiger partial charge in [0, 0.05) is 10.5 Å². The molecule has 3 rings (SSSR count). The van der Waals surface area contributed by atoms with Gasteiger partial charge in [0.05, 0.1) is 17.2 Å². The normalized spacial score (nSPS) is 14.6. The van der Waals surface area contributed by atoms with Gasteiger partial charge in [0.15, 0.2) is 0 Å². The molecule has 0 radical (unpaired) electrons. The maximum absolute atomic E-state index is 13.3. The second-order valence-corrected chi connectivity index (χ2v) is 9.72. The third kappa shape index (κ3) is 5.51. The zero-order valence-corrected chi connectivity index (χ0v) is 18.7. The van der Waals surface area contributed by atoms with Crippen LogP contribution in [0.5, 0.6) is 5.75 Å². The predicted octanol–water partition coefficient (Wildman–Crippen LogP) is 4.10. The molecule has 0 bridgehead atoms. The largest absolute Gasteiger partial charge is 0.494 e. The number of benzene rings is 2. The monoisotopic (exact) mass is 480 g/mol. The van der Waals surface area contributed by atoms with Crippen LogP contribution in [0.25, 0.3) is 0 Å². The summed E-state index contributed by atoms with van der Waals surface area (Å²) >= 11 is 3.32. The van der Waals surface area contributed by atoms with Crippen LogP contribution in [0.15, 0.2) is 57.9 Å². The summed E-state index contributed by atoms with van der Waals surface area (Å²) in [5.41, 5.74) is 0.415. The van der Waals surface area contributed by atoms with Crippen LogP contribution in [-0.4, -0.2) is 33.5 Å². The van der Waals surface area contributed by atoms with Gasteiger partial charge in [-0.3, -0.25) is 9.10 Å². The lowest BCUT2D eigenvalue weighted by atomic mass is 10.2. The summed E-state index contributed by atoms with van der Waals surface area (Å²) in [5, 5.41) is 2.97. The molecule has 0 heterocycles. The molecule has 156 valence electrons. The van der Waals surface area contributed by atoms with Gasteiger partial charge in [-0.25, -0.2) is 8.42 Å². The van der Waals surface area contributed by atoms with Crippen LogP contribution in [0.3, 0.4) is 0 Å². The SMILES string of the molecule is CCOc1ccc(N(CC(=O)NC2CCCC2)S(=O)(=O)c2ccc(Br)cc2)cc1. The fourth-order valence-corrected chi connectivity index (χ4v) is 5.08. The van der Waals surface area contributed by atoms with E-state index in [9.17, 15) is 13.2 Å². The molecular weight excluding hydrogens is 456 g/mol. The maximum Gasteiger partial charge on any atom is 0.264 e. The Bertz CT molecular complexity index is 924. The molecular formula is C21H25BrN2O4S. The highest BCUT2D eigenvalue weighted by Gasteiger charge is 2.28. The highest BCUT2D eigenvalue weighted by molar-refractivity contribution is 9.10. The van der Waals surface area contributed by atoms with Gasteiger partial charge < -0.3 is 10.1 Å². The fraction of sp³-hybridized carbons (Fsp3) is 0.381. The molecule has 1 fully saturated rings. The van der Waals surface area contributed by atoms with Crippen molar-refractivity contribution in [1.82, 2.24) is 5.32 Å². The van der Waals surface area contributed by atoms with Crippen LogP contribution in [0.4, 0.5) is 5.69 Å². The molecule has 6 nitrogen and oxygen atoms in total. The second-order valence-electron chi connectivity index (χ2n) is 6.94. The van der Waals surface area contributed by atoms with Crippen LogP contribution in [-0.2, 0) is 14.8 Å². The Morgan fingerprint density at radius 1 is 1.10 bits per heavy atom. The molecule has 1 aliphatic carbocycles. The van der Waals surface area contributed by atoms with E-state index in [2.05, 4.69) is 21.2 Å². The molecule has 8 heteroatoms. The first kappa shape index (κ1) is 21.6. The second kappa shape index (κ2) is 9.63. The first-order valence-corrected chi connectivity index (χ1v) is 11.9. The Hall–Kier alpha value is -2.06. The zero-order valence-electron chi connectivity index (χ0n) is 16.3. The van der Waals surface area contributed by atoms with E-state index in [-0.39, 0.29) is 23.4 Å². The molecule has 0 saturated heterocycles. The van der Waals surface area contributed by atoms with Crippen molar-refractivity contribution in [1.29, 1.82) is 0 Å².